The summed E-state index contributed by atoms with van der Waals surface area (Å²) in [5.41, 5.74) is 1.95. The number of carbonyl (C=O) groups excluding carboxylic acids is 3. The Kier molecular flexibility index (Phi) is 6.50. The Morgan fingerprint density at radius 1 is 0.794 bits per heavy atom. The highest BCUT2D eigenvalue weighted by molar-refractivity contribution is 6.21. The molecule has 1 aliphatic rings. The highest BCUT2D eigenvalue weighted by Crippen LogP contribution is 2.31. The van der Waals surface area contributed by atoms with Gasteiger partial charge in [0.05, 0.1) is 23.7 Å². The summed E-state index contributed by atoms with van der Waals surface area (Å²) in [6, 6.07) is 25.6. The van der Waals surface area contributed by atoms with Gasteiger partial charge in [0.15, 0.2) is 0 Å². The van der Waals surface area contributed by atoms with E-state index in [9.17, 15) is 14.4 Å². The van der Waals surface area contributed by atoms with Crippen LogP contribution in [-0.4, -0.2) is 41.0 Å². The number of fused-ring (bicyclic) bond motifs is 1. The minimum atomic E-state index is -0.695. The van der Waals surface area contributed by atoms with Crippen LogP contribution >= 0.6 is 0 Å². The van der Waals surface area contributed by atoms with Crippen molar-refractivity contribution in [2.24, 2.45) is 0 Å². The van der Waals surface area contributed by atoms with E-state index < -0.39 is 17.7 Å². The van der Waals surface area contributed by atoms with Gasteiger partial charge in [0, 0.05) is 5.92 Å². The summed E-state index contributed by atoms with van der Waals surface area (Å²) in [5.74, 6) is -1.05. The first-order valence-corrected chi connectivity index (χ1v) is 11.3. The van der Waals surface area contributed by atoms with Crippen LogP contribution in [0.25, 0.3) is 0 Å². The molecule has 6 nitrogen and oxygen atoms in total. The second-order valence-corrected chi connectivity index (χ2v) is 9.32. The fourth-order valence-corrected chi connectivity index (χ4v) is 4.27. The summed E-state index contributed by atoms with van der Waals surface area (Å²) >= 11 is 0. The summed E-state index contributed by atoms with van der Waals surface area (Å²) in [6.07, 6.45) is -0.606. The van der Waals surface area contributed by atoms with E-state index in [1.807, 2.05) is 60.7 Å². The molecule has 1 heterocycles. The second-order valence-electron chi connectivity index (χ2n) is 9.32. The summed E-state index contributed by atoms with van der Waals surface area (Å²) < 4.78 is 5.53. The highest BCUT2D eigenvalue weighted by atomic mass is 16.6. The first kappa shape index (κ1) is 23.2. The molecule has 0 spiro atoms. The van der Waals surface area contributed by atoms with Crippen molar-refractivity contribution in [2.45, 2.75) is 38.3 Å². The van der Waals surface area contributed by atoms with Gasteiger partial charge < -0.3 is 10.1 Å². The second kappa shape index (κ2) is 9.51. The maximum Gasteiger partial charge on any atom is 0.407 e. The molecule has 0 saturated carbocycles. The number of hydrogen-bond donors (Lipinski definition) is 1. The van der Waals surface area contributed by atoms with Gasteiger partial charge in [-0.3, -0.25) is 14.5 Å². The van der Waals surface area contributed by atoms with Crippen LogP contribution in [0, 0.1) is 0 Å². The number of rotatable bonds is 6. The van der Waals surface area contributed by atoms with Crippen LogP contribution in [0.3, 0.4) is 0 Å². The largest absolute Gasteiger partial charge is 0.444 e. The predicted octanol–water partition coefficient (Wildman–Crippen LogP) is 5.01. The van der Waals surface area contributed by atoms with Crippen molar-refractivity contribution < 1.29 is 19.1 Å². The third kappa shape index (κ3) is 5.01. The van der Waals surface area contributed by atoms with Crippen LogP contribution < -0.4 is 5.32 Å². The average molecular weight is 457 g/mol. The fourth-order valence-electron chi connectivity index (χ4n) is 4.27. The third-order valence-electron chi connectivity index (χ3n) is 5.68. The van der Waals surface area contributed by atoms with Gasteiger partial charge in [-0.15, -0.1) is 0 Å². The standard InChI is InChI=1S/C28H28N2O4/c1-28(2,3)34-27(33)29-23(18-30-25(31)21-16-10-11-17-22(21)26(30)32)24(19-12-6-4-7-13-19)20-14-8-5-9-15-20/h4-17,23-24H,18H2,1-3H3,(H,29,33)/t23-/m0/s1. The Labute approximate surface area is 199 Å². The van der Waals surface area contributed by atoms with Gasteiger partial charge >= 0.3 is 6.09 Å². The maximum absolute atomic E-state index is 13.1. The molecule has 34 heavy (non-hydrogen) atoms. The molecule has 0 aliphatic carbocycles. The monoisotopic (exact) mass is 456 g/mol. The normalized spacial score (nSPS) is 14.2. The Morgan fingerprint density at radius 3 is 1.68 bits per heavy atom. The van der Waals surface area contributed by atoms with Crippen molar-refractivity contribution in [1.29, 1.82) is 0 Å². The Balaban J connectivity index is 1.73. The first-order chi connectivity index (χ1) is 16.2. The summed E-state index contributed by atoms with van der Waals surface area (Å²) in [4.78, 5) is 40.3. The van der Waals surface area contributed by atoms with Gasteiger partial charge in [-0.1, -0.05) is 72.8 Å². The van der Waals surface area contributed by atoms with Gasteiger partial charge in [-0.2, -0.15) is 0 Å². The van der Waals surface area contributed by atoms with Crippen LogP contribution in [0.4, 0.5) is 4.79 Å². The fraction of sp³-hybridized carbons (Fsp3) is 0.250. The quantitative estimate of drug-likeness (QED) is 0.529. The van der Waals surface area contributed by atoms with Crippen molar-refractivity contribution in [3.8, 4) is 0 Å². The molecule has 0 radical (unpaired) electrons. The Hall–Kier alpha value is -3.93. The molecule has 3 amide bonds. The lowest BCUT2D eigenvalue weighted by molar-refractivity contribution is 0.0461. The molecule has 0 bridgehead atoms. The smallest absolute Gasteiger partial charge is 0.407 e. The maximum atomic E-state index is 13.1. The van der Waals surface area contributed by atoms with Crippen molar-refractivity contribution >= 4 is 17.9 Å². The van der Waals surface area contributed by atoms with Crippen LogP contribution in [-0.2, 0) is 4.74 Å². The van der Waals surface area contributed by atoms with E-state index in [-0.39, 0.29) is 24.3 Å². The molecule has 0 unspecified atom stereocenters. The van der Waals surface area contributed by atoms with E-state index in [0.717, 1.165) is 11.1 Å². The third-order valence-corrected chi connectivity index (χ3v) is 5.68. The predicted molar refractivity (Wildman–Crippen MR) is 130 cm³/mol. The Morgan fingerprint density at radius 2 is 1.24 bits per heavy atom. The molecule has 0 saturated heterocycles. The van der Waals surface area contributed by atoms with Gasteiger partial charge in [0.2, 0.25) is 0 Å². The lowest BCUT2D eigenvalue weighted by atomic mass is 9.84. The minimum Gasteiger partial charge on any atom is -0.444 e. The zero-order valence-electron chi connectivity index (χ0n) is 19.5. The van der Waals surface area contributed by atoms with Gasteiger partial charge in [0.1, 0.15) is 5.60 Å². The summed E-state index contributed by atoms with van der Waals surface area (Å²) in [5, 5.41) is 2.96. The number of ether oxygens (including phenoxy) is 1. The van der Waals surface area contributed by atoms with Crippen molar-refractivity contribution in [1.82, 2.24) is 10.2 Å². The molecule has 3 aromatic carbocycles. The molecule has 0 fully saturated rings. The zero-order valence-corrected chi connectivity index (χ0v) is 19.5. The molecular formula is C28H28N2O4. The van der Waals surface area contributed by atoms with Gasteiger partial charge in [0.25, 0.3) is 11.8 Å². The number of nitrogens with one attached hydrogen (secondary N) is 1. The highest BCUT2D eigenvalue weighted by Gasteiger charge is 2.39. The van der Waals surface area contributed by atoms with Crippen molar-refractivity contribution in [3.63, 3.8) is 0 Å². The van der Waals surface area contributed by atoms with Crippen LogP contribution in [0.15, 0.2) is 84.9 Å². The van der Waals surface area contributed by atoms with Crippen molar-refractivity contribution in [3.05, 3.63) is 107 Å². The molecule has 3 aromatic rings. The van der Waals surface area contributed by atoms with Crippen LogP contribution in [0.2, 0.25) is 0 Å². The van der Waals surface area contributed by atoms with E-state index in [0.29, 0.717) is 11.1 Å². The van der Waals surface area contributed by atoms with Gasteiger partial charge in [-0.05, 0) is 44.0 Å². The topological polar surface area (TPSA) is 75.7 Å². The summed E-state index contributed by atoms with van der Waals surface area (Å²) in [7, 11) is 0. The SMILES string of the molecule is CC(C)(C)OC(=O)N[C@@H](CN1C(=O)c2ccccc2C1=O)C(c1ccccc1)c1ccccc1. The van der Waals surface area contributed by atoms with E-state index in [1.54, 1.807) is 45.0 Å². The number of imide groups is 1. The molecular weight excluding hydrogens is 428 g/mol. The molecule has 6 heteroatoms. The minimum absolute atomic E-state index is 0.0000444. The molecule has 1 atom stereocenters. The number of carbonyl (C=O) groups is 3. The number of hydrogen-bond acceptors (Lipinski definition) is 4. The number of nitrogens with zero attached hydrogens (tertiary/aromatic N) is 1. The van der Waals surface area contributed by atoms with E-state index in [1.165, 1.54) is 4.90 Å². The van der Waals surface area contributed by atoms with Crippen LogP contribution in [0.1, 0.15) is 58.5 Å². The number of amides is 3. The Bertz CT molecular complexity index is 1110. The molecule has 0 aromatic heterocycles. The van der Waals surface area contributed by atoms with E-state index >= 15 is 0 Å². The molecule has 1 aliphatic heterocycles. The lowest BCUT2D eigenvalue weighted by Gasteiger charge is -2.32. The molecule has 1 N–H and O–H groups in total. The van der Waals surface area contributed by atoms with E-state index in [4.69, 9.17) is 4.74 Å². The van der Waals surface area contributed by atoms with Crippen molar-refractivity contribution in [2.75, 3.05) is 6.54 Å². The summed E-state index contributed by atoms with van der Waals surface area (Å²) in [6.45, 7) is 5.37. The van der Waals surface area contributed by atoms with Gasteiger partial charge in [-0.25, -0.2) is 4.79 Å². The van der Waals surface area contributed by atoms with E-state index in [2.05, 4.69) is 5.32 Å². The lowest BCUT2D eigenvalue weighted by Crippen LogP contribution is -2.50. The molecule has 174 valence electrons. The first-order valence-electron chi connectivity index (χ1n) is 11.3. The zero-order chi connectivity index (χ0) is 24.3. The molecule has 4 rings (SSSR count). The number of alkyl carbamates (subject to hydrolysis) is 1. The average Bonchev–Trinajstić information content (AvgIpc) is 3.04. The van der Waals surface area contributed by atoms with Crippen LogP contribution in [0.5, 0.6) is 0 Å². The number of benzene rings is 3.